The van der Waals surface area contributed by atoms with E-state index in [4.69, 9.17) is 11.6 Å². The van der Waals surface area contributed by atoms with Crippen LogP contribution in [0.25, 0.3) is 0 Å². The number of hydrogen-bond acceptors (Lipinski definition) is 3. The van der Waals surface area contributed by atoms with Gasteiger partial charge >= 0.3 is 0 Å². The fourth-order valence-electron chi connectivity index (χ4n) is 1.77. The van der Waals surface area contributed by atoms with Crippen molar-refractivity contribution in [3.63, 3.8) is 0 Å². The number of nitrogens with one attached hydrogen (secondary N) is 1. The number of benzene rings is 1. The van der Waals surface area contributed by atoms with E-state index < -0.39 is 0 Å². The normalized spacial score (nSPS) is 10.2. The quantitative estimate of drug-likeness (QED) is 0.931. The van der Waals surface area contributed by atoms with E-state index in [0.29, 0.717) is 0 Å². The lowest BCUT2D eigenvalue weighted by atomic mass is 10.1. The third-order valence-corrected chi connectivity index (χ3v) is 2.80. The second-order valence-corrected chi connectivity index (χ2v) is 4.48. The molecular formula is C14H14ClN3O. The zero-order chi connectivity index (χ0) is 13.7. The second-order valence-electron chi connectivity index (χ2n) is 4.09. The smallest absolute Gasteiger partial charge is 0.275 e. The summed E-state index contributed by atoms with van der Waals surface area (Å²) < 4.78 is 0. The Morgan fingerprint density at radius 2 is 2.11 bits per heavy atom. The van der Waals surface area contributed by atoms with Gasteiger partial charge in [-0.2, -0.15) is 0 Å². The molecule has 0 aliphatic carbocycles. The van der Waals surface area contributed by atoms with Gasteiger partial charge < -0.3 is 5.32 Å². The van der Waals surface area contributed by atoms with Crippen molar-refractivity contribution in [2.45, 2.75) is 19.8 Å². The molecule has 0 fully saturated rings. The van der Waals surface area contributed by atoms with Gasteiger partial charge in [-0.1, -0.05) is 43.1 Å². The van der Waals surface area contributed by atoms with Gasteiger partial charge in [0, 0.05) is 5.69 Å². The van der Waals surface area contributed by atoms with Gasteiger partial charge in [0.1, 0.15) is 10.8 Å². The van der Waals surface area contributed by atoms with Crippen LogP contribution in [0.2, 0.25) is 5.15 Å². The molecule has 19 heavy (non-hydrogen) atoms. The molecule has 4 nitrogen and oxygen atoms in total. The summed E-state index contributed by atoms with van der Waals surface area (Å²) in [5.41, 5.74) is 2.11. The maximum atomic E-state index is 12.1. The number of aromatic nitrogens is 2. The summed E-state index contributed by atoms with van der Waals surface area (Å²) in [6.07, 6.45) is 4.72. The average molecular weight is 276 g/mol. The molecule has 1 aromatic carbocycles. The van der Waals surface area contributed by atoms with E-state index in [9.17, 15) is 4.79 Å². The summed E-state index contributed by atoms with van der Waals surface area (Å²) in [4.78, 5) is 19.8. The third kappa shape index (κ3) is 3.51. The number of halogens is 1. The number of aryl methyl sites for hydroxylation is 1. The SMILES string of the molecule is CCCc1ccccc1NC(=O)c1cncc(Cl)n1. The summed E-state index contributed by atoms with van der Waals surface area (Å²) >= 11 is 5.72. The first-order valence-electron chi connectivity index (χ1n) is 6.07. The number of amides is 1. The first-order valence-corrected chi connectivity index (χ1v) is 6.45. The van der Waals surface area contributed by atoms with Crippen LogP contribution in [0.5, 0.6) is 0 Å². The standard InChI is InChI=1S/C14H14ClN3O/c1-2-5-10-6-3-4-7-11(10)18-14(19)12-8-16-9-13(15)17-12/h3-4,6-9H,2,5H2,1H3,(H,18,19). The third-order valence-electron chi connectivity index (χ3n) is 2.62. The summed E-state index contributed by atoms with van der Waals surface area (Å²) in [6, 6.07) is 7.72. The molecule has 1 N–H and O–H groups in total. The number of hydrogen-bond donors (Lipinski definition) is 1. The van der Waals surface area contributed by atoms with E-state index in [1.807, 2.05) is 24.3 Å². The van der Waals surface area contributed by atoms with Gasteiger partial charge in [0.25, 0.3) is 5.91 Å². The Kier molecular flexibility index (Phi) is 4.47. The van der Waals surface area contributed by atoms with Crippen LogP contribution in [0, 0.1) is 0 Å². The molecule has 0 bridgehead atoms. The second kappa shape index (κ2) is 6.29. The molecule has 0 saturated carbocycles. The molecule has 98 valence electrons. The van der Waals surface area contributed by atoms with E-state index in [1.54, 1.807) is 0 Å². The first kappa shape index (κ1) is 13.5. The molecule has 5 heteroatoms. The highest BCUT2D eigenvalue weighted by Crippen LogP contribution is 2.17. The van der Waals surface area contributed by atoms with E-state index in [2.05, 4.69) is 22.2 Å². The first-order chi connectivity index (χ1) is 9.20. The predicted octanol–water partition coefficient (Wildman–Crippen LogP) is 3.33. The monoisotopic (exact) mass is 275 g/mol. The van der Waals surface area contributed by atoms with Gasteiger partial charge in [0.15, 0.2) is 0 Å². The maximum absolute atomic E-state index is 12.1. The topological polar surface area (TPSA) is 54.9 Å². The highest BCUT2D eigenvalue weighted by Gasteiger charge is 2.10. The lowest BCUT2D eigenvalue weighted by Crippen LogP contribution is -2.15. The Balaban J connectivity index is 2.19. The minimum Gasteiger partial charge on any atom is -0.320 e. The van der Waals surface area contributed by atoms with Crippen LogP contribution in [0.3, 0.4) is 0 Å². The zero-order valence-corrected chi connectivity index (χ0v) is 11.3. The van der Waals surface area contributed by atoms with Gasteiger partial charge in [0.2, 0.25) is 0 Å². The largest absolute Gasteiger partial charge is 0.320 e. The fourth-order valence-corrected chi connectivity index (χ4v) is 1.91. The van der Waals surface area contributed by atoms with E-state index in [-0.39, 0.29) is 16.8 Å². The molecule has 0 aliphatic rings. The van der Waals surface area contributed by atoms with E-state index >= 15 is 0 Å². The van der Waals surface area contributed by atoms with Crippen LogP contribution in [0.15, 0.2) is 36.7 Å². The van der Waals surface area contributed by atoms with Crippen molar-refractivity contribution in [3.8, 4) is 0 Å². The Labute approximate surface area is 116 Å². The average Bonchev–Trinajstić information content (AvgIpc) is 2.41. The summed E-state index contributed by atoms with van der Waals surface area (Å²) in [5.74, 6) is -0.307. The molecule has 0 spiro atoms. The Morgan fingerprint density at radius 3 is 2.84 bits per heavy atom. The van der Waals surface area contributed by atoms with Crippen molar-refractivity contribution in [3.05, 3.63) is 53.1 Å². The maximum Gasteiger partial charge on any atom is 0.275 e. The van der Waals surface area contributed by atoms with Crippen molar-refractivity contribution in [1.29, 1.82) is 0 Å². The van der Waals surface area contributed by atoms with Crippen LogP contribution in [0.4, 0.5) is 5.69 Å². The van der Waals surface area contributed by atoms with E-state index in [0.717, 1.165) is 24.1 Å². The van der Waals surface area contributed by atoms with E-state index in [1.165, 1.54) is 12.4 Å². The Bertz CT molecular complexity index is 586. The molecule has 1 amide bonds. The summed E-state index contributed by atoms with van der Waals surface area (Å²) in [7, 11) is 0. The zero-order valence-electron chi connectivity index (χ0n) is 10.6. The molecule has 0 unspecified atom stereocenters. The van der Waals surface area contributed by atoms with Gasteiger partial charge in [-0.3, -0.25) is 9.78 Å². The minimum absolute atomic E-state index is 0.203. The number of rotatable bonds is 4. The van der Waals surface area contributed by atoms with Crippen LogP contribution < -0.4 is 5.32 Å². The van der Waals surface area contributed by atoms with Gasteiger partial charge in [0.05, 0.1) is 12.4 Å². The van der Waals surface area contributed by atoms with Crippen LogP contribution >= 0.6 is 11.6 Å². The highest BCUT2D eigenvalue weighted by molar-refractivity contribution is 6.29. The Hall–Kier alpha value is -1.94. The molecule has 2 rings (SSSR count). The van der Waals surface area contributed by atoms with Crippen LogP contribution in [-0.4, -0.2) is 15.9 Å². The number of nitrogens with zero attached hydrogens (tertiary/aromatic N) is 2. The number of anilines is 1. The minimum atomic E-state index is -0.307. The van der Waals surface area contributed by atoms with Crippen molar-refractivity contribution in [2.75, 3.05) is 5.32 Å². The lowest BCUT2D eigenvalue weighted by molar-refractivity contribution is 0.102. The fraction of sp³-hybridized carbons (Fsp3) is 0.214. The molecule has 0 atom stereocenters. The molecule has 0 radical (unpaired) electrons. The van der Waals surface area contributed by atoms with Gasteiger partial charge in [-0.25, -0.2) is 4.98 Å². The molecule has 2 aromatic rings. The molecular weight excluding hydrogens is 262 g/mol. The highest BCUT2D eigenvalue weighted by atomic mass is 35.5. The van der Waals surface area contributed by atoms with Crippen LogP contribution in [0.1, 0.15) is 29.4 Å². The predicted molar refractivity (Wildman–Crippen MR) is 75.4 cm³/mol. The van der Waals surface area contributed by atoms with Gasteiger partial charge in [-0.05, 0) is 18.1 Å². The summed E-state index contributed by atoms with van der Waals surface area (Å²) in [5, 5.41) is 3.04. The van der Waals surface area contributed by atoms with Crippen molar-refractivity contribution >= 4 is 23.2 Å². The molecule has 0 aliphatic heterocycles. The summed E-state index contributed by atoms with van der Waals surface area (Å²) in [6.45, 7) is 2.10. The van der Waals surface area contributed by atoms with Crippen molar-refractivity contribution < 1.29 is 4.79 Å². The van der Waals surface area contributed by atoms with Gasteiger partial charge in [-0.15, -0.1) is 0 Å². The molecule has 0 saturated heterocycles. The van der Waals surface area contributed by atoms with Crippen LogP contribution in [-0.2, 0) is 6.42 Å². The Morgan fingerprint density at radius 1 is 1.32 bits per heavy atom. The van der Waals surface area contributed by atoms with Crippen molar-refractivity contribution in [1.82, 2.24) is 9.97 Å². The van der Waals surface area contributed by atoms with Crippen molar-refractivity contribution in [2.24, 2.45) is 0 Å². The molecule has 1 heterocycles. The molecule has 1 aromatic heterocycles. The lowest BCUT2D eigenvalue weighted by Gasteiger charge is -2.09. The number of carbonyl (C=O) groups excluding carboxylic acids is 1. The number of carbonyl (C=O) groups is 1. The number of para-hydroxylation sites is 1.